The van der Waals surface area contributed by atoms with Crippen molar-refractivity contribution >= 4 is 11.6 Å². The van der Waals surface area contributed by atoms with Crippen molar-refractivity contribution < 1.29 is 18.0 Å². The lowest BCUT2D eigenvalue weighted by molar-refractivity contribution is -0.136. The molecule has 0 aromatic heterocycles. The van der Waals surface area contributed by atoms with Crippen LogP contribution in [0.3, 0.4) is 0 Å². The first-order valence-corrected chi connectivity index (χ1v) is 7.03. The van der Waals surface area contributed by atoms with Crippen molar-refractivity contribution in [2.24, 2.45) is 0 Å². The molecule has 0 saturated heterocycles. The molecule has 1 unspecified atom stereocenters. The van der Waals surface area contributed by atoms with Gasteiger partial charge < -0.3 is 10.6 Å². The predicted molar refractivity (Wildman–Crippen MR) is 77.4 cm³/mol. The predicted octanol–water partition coefficient (Wildman–Crippen LogP) is 4.06. The number of rotatable bonds is 6. The second-order valence-electron chi connectivity index (χ2n) is 4.88. The molecule has 1 atom stereocenters. The van der Waals surface area contributed by atoms with Gasteiger partial charge in [0, 0.05) is 24.3 Å². The Morgan fingerprint density at radius 3 is 2.43 bits per heavy atom. The molecule has 1 rings (SSSR count). The van der Waals surface area contributed by atoms with Crippen LogP contribution in [0.25, 0.3) is 0 Å². The van der Waals surface area contributed by atoms with Gasteiger partial charge in [0.05, 0.1) is 5.56 Å². The van der Waals surface area contributed by atoms with E-state index in [1.165, 1.54) is 19.2 Å². The standard InChI is InChI=1S/C15H21F3N2O/c1-4-6-11(5-2)20-14(21)10-7-8-13(19-3)12(9-10)15(16,17)18/h7-9,11,19H,4-6H2,1-3H3,(H,20,21). The first-order chi connectivity index (χ1) is 9.83. The van der Waals surface area contributed by atoms with Crippen LogP contribution in [0.15, 0.2) is 18.2 Å². The van der Waals surface area contributed by atoms with E-state index >= 15 is 0 Å². The third-order valence-corrected chi connectivity index (χ3v) is 3.32. The van der Waals surface area contributed by atoms with Crippen molar-refractivity contribution in [3.8, 4) is 0 Å². The highest BCUT2D eigenvalue weighted by Crippen LogP contribution is 2.35. The third kappa shape index (κ3) is 4.65. The Morgan fingerprint density at radius 2 is 1.95 bits per heavy atom. The fourth-order valence-corrected chi connectivity index (χ4v) is 2.13. The number of carbonyl (C=O) groups is 1. The lowest BCUT2D eigenvalue weighted by atomic mass is 10.1. The molecule has 3 nitrogen and oxygen atoms in total. The molecule has 1 aromatic carbocycles. The Kier molecular flexibility index (Phi) is 6.05. The van der Waals surface area contributed by atoms with Crippen molar-refractivity contribution in [2.75, 3.05) is 12.4 Å². The van der Waals surface area contributed by atoms with E-state index in [9.17, 15) is 18.0 Å². The molecule has 0 spiro atoms. The molecule has 2 N–H and O–H groups in total. The van der Waals surface area contributed by atoms with Crippen LogP contribution in [0.2, 0.25) is 0 Å². The van der Waals surface area contributed by atoms with Crippen molar-refractivity contribution in [1.82, 2.24) is 5.32 Å². The highest BCUT2D eigenvalue weighted by molar-refractivity contribution is 5.95. The van der Waals surface area contributed by atoms with Gasteiger partial charge in [0.2, 0.25) is 0 Å². The van der Waals surface area contributed by atoms with Gasteiger partial charge in [-0.05, 0) is 31.0 Å². The van der Waals surface area contributed by atoms with Crippen LogP contribution < -0.4 is 10.6 Å². The van der Waals surface area contributed by atoms with Crippen LogP contribution in [-0.2, 0) is 6.18 Å². The van der Waals surface area contributed by atoms with Gasteiger partial charge in [-0.2, -0.15) is 13.2 Å². The number of hydrogen-bond acceptors (Lipinski definition) is 2. The molecule has 1 amide bonds. The Bertz CT molecular complexity index is 486. The molecule has 0 radical (unpaired) electrons. The average Bonchev–Trinajstić information content (AvgIpc) is 2.44. The molecule has 0 aliphatic heterocycles. The van der Waals surface area contributed by atoms with E-state index in [0.29, 0.717) is 0 Å². The summed E-state index contributed by atoms with van der Waals surface area (Å²) in [7, 11) is 1.42. The molecule has 0 saturated carbocycles. The fraction of sp³-hybridized carbons (Fsp3) is 0.533. The van der Waals surface area contributed by atoms with Crippen LogP contribution in [0.4, 0.5) is 18.9 Å². The maximum Gasteiger partial charge on any atom is 0.418 e. The molecular formula is C15H21F3N2O. The summed E-state index contributed by atoms with van der Waals surface area (Å²) in [6, 6.07) is 3.55. The summed E-state index contributed by atoms with van der Waals surface area (Å²) in [6.45, 7) is 3.93. The summed E-state index contributed by atoms with van der Waals surface area (Å²) in [5.74, 6) is -0.469. The lowest BCUT2D eigenvalue weighted by Crippen LogP contribution is -2.34. The van der Waals surface area contributed by atoms with E-state index in [0.717, 1.165) is 25.3 Å². The van der Waals surface area contributed by atoms with E-state index in [1.54, 1.807) is 0 Å². The molecule has 21 heavy (non-hydrogen) atoms. The zero-order valence-electron chi connectivity index (χ0n) is 12.5. The summed E-state index contributed by atoms with van der Waals surface area (Å²) in [5, 5.41) is 5.26. The van der Waals surface area contributed by atoms with Crippen molar-refractivity contribution in [3.63, 3.8) is 0 Å². The first kappa shape index (κ1) is 17.3. The minimum absolute atomic E-state index is 0.0131. The van der Waals surface area contributed by atoms with Crippen LogP contribution in [0.5, 0.6) is 0 Å². The second kappa shape index (κ2) is 7.33. The van der Waals surface area contributed by atoms with Gasteiger partial charge in [-0.25, -0.2) is 0 Å². The van der Waals surface area contributed by atoms with Crippen LogP contribution >= 0.6 is 0 Å². The highest BCUT2D eigenvalue weighted by Gasteiger charge is 2.34. The molecule has 0 heterocycles. The van der Waals surface area contributed by atoms with Crippen LogP contribution in [-0.4, -0.2) is 19.0 Å². The Morgan fingerprint density at radius 1 is 1.29 bits per heavy atom. The Labute approximate surface area is 122 Å². The molecule has 6 heteroatoms. The molecule has 0 bridgehead atoms. The molecular weight excluding hydrogens is 281 g/mol. The van der Waals surface area contributed by atoms with E-state index in [4.69, 9.17) is 0 Å². The van der Waals surface area contributed by atoms with Crippen LogP contribution in [0.1, 0.15) is 49.0 Å². The number of hydrogen-bond donors (Lipinski definition) is 2. The van der Waals surface area contributed by atoms with E-state index in [-0.39, 0.29) is 17.3 Å². The van der Waals surface area contributed by atoms with E-state index in [2.05, 4.69) is 10.6 Å². The fourth-order valence-electron chi connectivity index (χ4n) is 2.13. The molecule has 0 aliphatic carbocycles. The molecule has 0 fully saturated rings. The average molecular weight is 302 g/mol. The number of halogens is 3. The first-order valence-electron chi connectivity index (χ1n) is 7.03. The number of carbonyl (C=O) groups excluding carboxylic acids is 1. The summed E-state index contributed by atoms with van der Waals surface area (Å²) in [4.78, 5) is 12.1. The zero-order chi connectivity index (χ0) is 16.0. The Balaban J connectivity index is 3.01. The summed E-state index contributed by atoms with van der Waals surface area (Å²) >= 11 is 0. The van der Waals surface area contributed by atoms with Gasteiger partial charge in [-0.15, -0.1) is 0 Å². The second-order valence-corrected chi connectivity index (χ2v) is 4.88. The largest absolute Gasteiger partial charge is 0.418 e. The molecule has 1 aromatic rings. The molecule has 0 aliphatic rings. The van der Waals surface area contributed by atoms with Gasteiger partial charge in [0.1, 0.15) is 0 Å². The minimum Gasteiger partial charge on any atom is -0.388 e. The quantitative estimate of drug-likeness (QED) is 0.832. The van der Waals surface area contributed by atoms with Gasteiger partial charge in [0.15, 0.2) is 0 Å². The monoisotopic (exact) mass is 302 g/mol. The number of alkyl halides is 3. The number of amides is 1. The SMILES string of the molecule is CCCC(CC)NC(=O)c1ccc(NC)c(C(F)(F)F)c1. The normalized spacial score (nSPS) is 12.9. The van der Waals surface area contributed by atoms with Crippen LogP contribution in [0, 0.1) is 0 Å². The smallest absolute Gasteiger partial charge is 0.388 e. The van der Waals surface area contributed by atoms with Crippen molar-refractivity contribution in [1.29, 1.82) is 0 Å². The zero-order valence-corrected chi connectivity index (χ0v) is 12.5. The maximum atomic E-state index is 13.0. The maximum absolute atomic E-state index is 13.0. The minimum atomic E-state index is -4.50. The van der Waals surface area contributed by atoms with Gasteiger partial charge in [0.25, 0.3) is 5.91 Å². The van der Waals surface area contributed by atoms with E-state index in [1.807, 2.05) is 13.8 Å². The van der Waals surface area contributed by atoms with Gasteiger partial charge >= 0.3 is 6.18 Å². The third-order valence-electron chi connectivity index (χ3n) is 3.32. The summed E-state index contributed by atoms with van der Waals surface area (Å²) in [5.41, 5.74) is -0.850. The number of anilines is 1. The lowest BCUT2D eigenvalue weighted by Gasteiger charge is -2.18. The Hall–Kier alpha value is -1.72. The van der Waals surface area contributed by atoms with Gasteiger partial charge in [-0.3, -0.25) is 4.79 Å². The summed E-state index contributed by atoms with van der Waals surface area (Å²) in [6.07, 6.45) is -2.03. The van der Waals surface area contributed by atoms with Crippen molar-refractivity contribution in [3.05, 3.63) is 29.3 Å². The van der Waals surface area contributed by atoms with Crippen molar-refractivity contribution in [2.45, 2.75) is 45.3 Å². The summed E-state index contributed by atoms with van der Waals surface area (Å²) < 4.78 is 38.9. The highest BCUT2D eigenvalue weighted by atomic mass is 19.4. The van der Waals surface area contributed by atoms with Gasteiger partial charge in [-0.1, -0.05) is 20.3 Å². The number of nitrogens with one attached hydrogen (secondary N) is 2. The van der Waals surface area contributed by atoms with E-state index < -0.39 is 17.6 Å². The molecule has 118 valence electrons. The number of benzene rings is 1. The topological polar surface area (TPSA) is 41.1 Å².